The summed E-state index contributed by atoms with van der Waals surface area (Å²) in [6.07, 6.45) is 0. The van der Waals surface area contributed by atoms with Gasteiger partial charge in [-0.25, -0.2) is 4.39 Å². The van der Waals surface area contributed by atoms with E-state index < -0.39 is 11.9 Å². The summed E-state index contributed by atoms with van der Waals surface area (Å²) in [5.41, 5.74) is 3.81. The van der Waals surface area contributed by atoms with Crippen LogP contribution in [0.2, 0.25) is 5.02 Å². The van der Waals surface area contributed by atoms with Crippen molar-refractivity contribution < 1.29 is 14.3 Å². The number of carbonyl (C=O) groups is 1. The third-order valence-corrected chi connectivity index (χ3v) is 5.52. The molecule has 0 aromatic heterocycles. The van der Waals surface area contributed by atoms with E-state index in [0.717, 1.165) is 16.7 Å². The lowest BCUT2D eigenvalue weighted by Crippen LogP contribution is -2.30. The van der Waals surface area contributed by atoms with Crippen LogP contribution >= 0.6 is 11.6 Å². The molecule has 1 heterocycles. The smallest absolute Gasteiger partial charge is 0.290 e. The molecule has 1 amide bonds. The quantitative estimate of drug-likeness (QED) is 0.590. The van der Waals surface area contributed by atoms with Crippen molar-refractivity contribution >= 4 is 23.1 Å². The highest BCUT2D eigenvalue weighted by Crippen LogP contribution is 2.44. The maximum Gasteiger partial charge on any atom is 0.290 e. The van der Waals surface area contributed by atoms with E-state index in [1.54, 1.807) is 23.1 Å². The Morgan fingerprint density at radius 2 is 1.66 bits per heavy atom. The third kappa shape index (κ3) is 3.64. The van der Waals surface area contributed by atoms with Gasteiger partial charge in [-0.2, -0.15) is 0 Å². The highest BCUT2D eigenvalue weighted by molar-refractivity contribution is 6.31. The van der Waals surface area contributed by atoms with Gasteiger partial charge < -0.3 is 10.0 Å². The van der Waals surface area contributed by atoms with Crippen LogP contribution in [0.4, 0.5) is 4.39 Å². The average molecular weight is 408 g/mol. The van der Waals surface area contributed by atoms with E-state index in [2.05, 4.69) is 0 Å². The number of halogens is 2. The topological polar surface area (TPSA) is 40.5 Å². The van der Waals surface area contributed by atoms with Crippen molar-refractivity contribution in [3.63, 3.8) is 0 Å². The third-order valence-electron chi connectivity index (χ3n) is 5.15. The molecule has 1 aliphatic heterocycles. The molecule has 0 bridgehead atoms. The zero-order valence-electron chi connectivity index (χ0n) is 15.8. The van der Waals surface area contributed by atoms with Gasteiger partial charge >= 0.3 is 0 Å². The molecule has 0 saturated carbocycles. The molecule has 0 fully saturated rings. The highest BCUT2D eigenvalue weighted by Gasteiger charge is 2.41. The van der Waals surface area contributed by atoms with Gasteiger partial charge in [0.15, 0.2) is 5.76 Å². The Morgan fingerprint density at radius 1 is 1.00 bits per heavy atom. The van der Waals surface area contributed by atoms with Gasteiger partial charge in [0.05, 0.1) is 6.04 Å². The van der Waals surface area contributed by atoms with Crippen LogP contribution in [0.3, 0.4) is 0 Å². The molecule has 1 atom stereocenters. The minimum absolute atomic E-state index is 0.222. The lowest BCUT2D eigenvalue weighted by atomic mass is 9.93. The molecular weight excluding hydrogens is 389 g/mol. The Bertz CT molecular complexity index is 1090. The first kappa shape index (κ1) is 19.2. The summed E-state index contributed by atoms with van der Waals surface area (Å²) in [4.78, 5) is 14.6. The van der Waals surface area contributed by atoms with Crippen LogP contribution in [0, 0.1) is 12.7 Å². The molecule has 146 valence electrons. The van der Waals surface area contributed by atoms with Crippen molar-refractivity contribution in [1.82, 2.24) is 4.90 Å². The average Bonchev–Trinajstić information content (AvgIpc) is 2.96. The second-order valence-corrected chi connectivity index (χ2v) is 7.51. The van der Waals surface area contributed by atoms with E-state index in [9.17, 15) is 14.3 Å². The molecule has 0 aliphatic carbocycles. The number of amides is 1. The molecule has 5 heteroatoms. The summed E-state index contributed by atoms with van der Waals surface area (Å²) in [5.74, 6) is -1.13. The largest absolute Gasteiger partial charge is 0.503 e. The highest BCUT2D eigenvalue weighted by atomic mass is 35.5. The maximum atomic E-state index is 13.5. The van der Waals surface area contributed by atoms with Crippen LogP contribution < -0.4 is 0 Å². The fourth-order valence-corrected chi connectivity index (χ4v) is 3.84. The van der Waals surface area contributed by atoms with Crippen molar-refractivity contribution in [3.05, 3.63) is 112 Å². The second-order valence-electron chi connectivity index (χ2n) is 7.11. The van der Waals surface area contributed by atoms with Gasteiger partial charge in [0.25, 0.3) is 5.91 Å². The van der Waals surface area contributed by atoms with Gasteiger partial charge in [0.2, 0.25) is 0 Å². The number of carbonyl (C=O) groups excluding carboxylic acids is 1. The summed E-state index contributed by atoms with van der Waals surface area (Å²) in [7, 11) is 0. The van der Waals surface area contributed by atoms with Gasteiger partial charge in [-0.1, -0.05) is 71.8 Å². The predicted molar refractivity (Wildman–Crippen MR) is 112 cm³/mol. The Balaban J connectivity index is 1.83. The summed E-state index contributed by atoms with van der Waals surface area (Å²) in [6, 6.07) is 20.3. The standard InChI is InChI=1S/C24H19ClFNO2/c1-15-6-8-16(9-7-15)21-22(17-10-12-19(26)13-11-17)27(24(29)23(21)28)14-18-4-2-3-5-20(18)25/h2-13,22,28H,14H2,1H3. The Morgan fingerprint density at radius 3 is 2.31 bits per heavy atom. The molecule has 1 aliphatic rings. The number of benzene rings is 3. The van der Waals surface area contributed by atoms with Gasteiger partial charge in [-0.15, -0.1) is 0 Å². The molecule has 3 aromatic rings. The summed E-state index contributed by atoms with van der Waals surface area (Å²) >= 11 is 6.31. The second kappa shape index (κ2) is 7.72. The minimum Gasteiger partial charge on any atom is -0.503 e. The number of rotatable bonds is 4. The molecule has 1 unspecified atom stereocenters. The number of aryl methyl sites for hydroxylation is 1. The van der Waals surface area contributed by atoms with Crippen LogP contribution in [-0.2, 0) is 11.3 Å². The van der Waals surface area contributed by atoms with Gasteiger partial charge in [0, 0.05) is 17.1 Å². The zero-order valence-corrected chi connectivity index (χ0v) is 16.5. The molecule has 0 saturated heterocycles. The van der Waals surface area contributed by atoms with Crippen molar-refractivity contribution in [2.45, 2.75) is 19.5 Å². The first-order valence-corrected chi connectivity index (χ1v) is 9.63. The van der Waals surface area contributed by atoms with Crippen LogP contribution in [0.25, 0.3) is 5.57 Å². The monoisotopic (exact) mass is 407 g/mol. The van der Waals surface area contributed by atoms with Gasteiger partial charge in [-0.05, 0) is 41.8 Å². The molecule has 3 nitrogen and oxygen atoms in total. The van der Waals surface area contributed by atoms with Crippen LogP contribution in [0.15, 0.2) is 78.6 Å². The molecule has 0 radical (unpaired) electrons. The summed E-state index contributed by atoms with van der Waals surface area (Å²) in [5, 5.41) is 11.3. The zero-order chi connectivity index (χ0) is 20.5. The lowest BCUT2D eigenvalue weighted by molar-refractivity contribution is -0.130. The number of hydrogen-bond acceptors (Lipinski definition) is 2. The van der Waals surface area contributed by atoms with Crippen LogP contribution in [0.5, 0.6) is 0 Å². The molecular formula is C24H19ClFNO2. The lowest BCUT2D eigenvalue weighted by Gasteiger charge is -2.28. The summed E-state index contributed by atoms with van der Waals surface area (Å²) < 4.78 is 13.5. The molecule has 0 spiro atoms. The normalized spacial score (nSPS) is 16.6. The summed E-state index contributed by atoms with van der Waals surface area (Å²) in [6.45, 7) is 2.19. The first-order valence-electron chi connectivity index (χ1n) is 9.25. The van der Waals surface area contributed by atoms with Crippen LogP contribution in [0.1, 0.15) is 28.3 Å². The Hall–Kier alpha value is -3.11. The number of nitrogens with zero attached hydrogens (tertiary/aromatic N) is 1. The van der Waals surface area contributed by atoms with E-state index in [4.69, 9.17) is 11.6 Å². The number of aliphatic hydroxyl groups is 1. The minimum atomic E-state index is -0.554. The molecule has 3 aromatic carbocycles. The number of aliphatic hydroxyl groups excluding tert-OH is 1. The van der Waals surface area contributed by atoms with Crippen molar-refractivity contribution in [3.8, 4) is 0 Å². The van der Waals surface area contributed by atoms with E-state index in [1.807, 2.05) is 49.4 Å². The fraction of sp³-hybridized carbons (Fsp3) is 0.125. The SMILES string of the molecule is Cc1ccc(C2=C(O)C(=O)N(Cc3ccccc3Cl)C2c2ccc(F)cc2)cc1. The molecule has 29 heavy (non-hydrogen) atoms. The fourth-order valence-electron chi connectivity index (χ4n) is 3.65. The van der Waals surface area contributed by atoms with Crippen LogP contribution in [-0.4, -0.2) is 15.9 Å². The maximum absolute atomic E-state index is 13.5. The van der Waals surface area contributed by atoms with E-state index in [1.165, 1.54) is 12.1 Å². The predicted octanol–water partition coefficient (Wildman–Crippen LogP) is 5.84. The van der Waals surface area contributed by atoms with E-state index in [-0.39, 0.29) is 18.1 Å². The van der Waals surface area contributed by atoms with Crippen molar-refractivity contribution in [2.75, 3.05) is 0 Å². The van der Waals surface area contributed by atoms with Crippen molar-refractivity contribution in [1.29, 1.82) is 0 Å². The molecule has 4 rings (SSSR count). The number of hydrogen-bond donors (Lipinski definition) is 1. The first-order chi connectivity index (χ1) is 14.0. The Labute approximate surface area is 173 Å². The van der Waals surface area contributed by atoms with Gasteiger partial charge in [-0.3, -0.25) is 4.79 Å². The Kier molecular flexibility index (Phi) is 5.12. The van der Waals surface area contributed by atoms with Gasteiger partial charge in [0.1, 0.15) is 5.82 Å². The molecule has 1 N–H and O–H groups in total. The van der Waals surface area contributed by atoms with E-state index in [0.29, 0.717) is 16.2 Å². The van der Waals surface area contributed by atoms with E-state index >= 15 is 0 Å². The van der Waals surface area contributed by atoms with Crippen molar-refractivity contribution in [2.24, 2.45) is 0 Å².